The molecular weight excluding hydrogens is 424 g/mol. The van der Waals surface area contributed by atoms with Gasteiger partial charge in [0, 0.05) is 0 Å². The van der Waals surface area contributed by atoms with E-state index in [4.69, 9.17) is 8.37 Å². The molecule has 0 saturated carbocycles. The van der Waals surface area contributed by atoms with Gasteiger partial charge in [0.15, 0.2) is 0 Å². The molecule has 0 N–H and O–H groups in total. The predicted molar refractivity (Wildman–Crippen MR) is 116 cm³/mol. The Labute approximate surface area is 180 Å². The van der Waals surface area contributed by atoms with Crippen molar-refractivity contribution in [1.82, 2.24) is 0 Å². The minimum atomic E-state index is -4.12. The summed E-state index contributed by atoms with van der Waals surface area (Å²) in [4.78, 5) is 0.0213. The van der Waals surface area contributed by atoms with Gasteiger partial charge in [-0.3, -0.25) is 8.37 Å². The summed E-state index contributed by atoms with van der Waals surface area (Å²) in [5, 5.41) is 0. The summed E-state index contributed by atoms with van der Waals surface area (Å²) in [6, 6.07) is 12.6. The molecule has 166 valence electrons. The average molecular weight is 455 g/mol. The van der Waals surface area contributed by atoms with Crippen molar-refractivity contribution in [2.75, 3.05) is 0 Å². The van der Waals surface area contributed by atoms with E-state index in [0.29, 0.717) is 6.42 Å². The lowest BCUT2D eigenvalue weighted by molar-refractivity contribution is -0.00826. The Morgan fingerprint density at radius 3 is 1.50 bits per heavy atom. The molecule has 0 aliphatic carbocycles. The molecule has 0 aliphatic heterocycles. The molecule has 0 fully saturated rings. The second kappa shape index (κ2) is 9.18. The van der Waals surface area contributed by atoms with E-state index in [1.54, 1.807) is 24.3 Å². The molecule has 2 atom stereocenters. The van der Waals surface area contributed by atoms with Crippen LogP contribution in [0.4, 0.5) is 0 Å². The molecule has 0 heterocycles. The van der Waals surface area contributed by atoms with Crippen LogP contribution >= 0.6 is 0 Å². The van der Waals surface area contributed by atoms with Crippen molar-refractivity contribution in [2.45, 2.75) is 70.0 Å². The van der Waals surface area contributed by atoms with E-state index in [1.807, 2.05) is 34.6 Å². The Kier molecular flexibility index (Phi) is 7.50. The van der Waals surface area contributed by atoms with Gasteiger partial charge >= 0.3 is 0 Å². The third-order valence-corrected chi connectivity index (χ3v) is 7.95. The van der Waals surface area contributed by atoms with Gasteiger partial charge in [0.1, 0.15) is 12.2 Å². The number of hydrogen-bond acceptors (Lipinski definition) is 6. The van der Waals surface area contributed by atoms with Crippen molar-refractivity contribution < 1.29 is 25.2 Å². The van der Waals surface area contributed by atoms with Crippen molar-refractivity contribution >= 4 is 20.2 Å². The number of hydrogen-bond donors (Lipinski definition) is 0. The summed E-state index contributed by atoms with van der Waals surface area (Å²) in [5.41, 5.74) is 1.17. The van der Waals surface area contributed by atoms with Gasteiger partial charge in [0.2, 0.25) is 0 Å². The number of rotatable bonds is 9. The monoisotopic (exact) mass is 454 g/mol. The molecule has 2 aromatic carbocycles. The van der Waals surface area contributed by atoms with Gasteiger partial charge in [-0.15, -0.1) is 0 Å². The first-order valence-corrected chi connectivity index (χ1v) is 12.6. The molecule has 0 saturated heterocycles. The molecule has 0 spiro atoms. The summed E-state index contributed by atoms with van der Waals surface area (Å²) in [6.45, 7) is 10.7. The fraction of sp³-hybridized carbons (Fsp3) is 0.455. The number of aryl methyl sites for hydroxylation is 2. The van der Waals surface area contributed by atoms with Crippen LogP contribution in [-0.4, -0.2) is 29.0 Å². The molecule has 2 aromatic rings. The van der Waals surface area contributed by atoms with Gasteiger partial charge in [-0.1, -0.05) is 56.2 Å². The van der Waals surface area contributed by atoms with Gasteiger partial charge in [-0.25, -0.2) is 0 Å². The van der Waals surface area contributed by atoms with E-state index in [1.165, 1.54) is 31.2 Å². The first kappa shape index (κ1) is 24.5. The normalized spacial score (nSPS) is 15.0. The molecule has 8 heteroatoms. The zero-order chi connectivity index (χ0) is 22.7. The highest BCUT2D eigenvalue weighted by Gasteiger charge is 2.40. The van der Waals surface area contributed by atoms with Crippen LogP contribution in [0.1, 0.15) is 45.2 Å². The second-order valence-corrected chi connectivity index (χ2v) is 11.3. The largest absolute Gasteiger partial charge is 0.297 e. The minimum Gasteiger partial charge on any atom is -0.260 e. The third-order valence-electron chi connectivity index (χ3n) is 5.24. The summed E-state index contributed by atoms with van der Waals surface area (Å²) in [5.74, 6) is 0. The molecule has 0 bridgehead atoms. The fourth-order valence-corrected chi connectivity index (χ4v) is 5.30. The van der Waals surface area contributed by atoms with Crippen LogP contribution in [-0.2, 0) is 28.6 Å². The lowest BCUT2D eigenvalue weighted by atomic mass is 9.81. The summed E-state index contributed by atoms with van der Waals surface area (Å²) < 4.78 is 62.1. The molecule has 30 heavy (non-hydrogen) atoms. The molecule has 0 aromatic heterocycles. The smallest absolute Gasteiger partial charge is 0.260 e. The first-order chi connectivity index (χ1) is 13.8. The maximum atomic E-state index is 12.9. The summed E-state index contributed by atoms with van der Waals surface area (Å²) in [7, 11) is -8.21. The quantitative estimate of drug-likeness (QED) is 0.514. The van der Waals surface area contributed by atoms with Gasteiger partial charge < -0.3 is 0 Å². The predicted octanol–water partition coefficient (Wildman–Crippen LogP) is 4.61. The summed E-state index contributed by atoms with van der Waals surface area (Å²) >= 11 is 0. The highest BCUT2D eigenvalue weighted by molar-refractivity contribution is 7.87. The van der Waals surface area contributed by atoms with Gasteiger partial charge in [0.25, 0.3) is 20.2 Å². The van der Waals surface area contributed by atoms with E-state index in [9.17, 15) is 16.8 Å². The van der Waals surface area contributed by atoms with Gasteiger partial charge in [0.05, 0.1) is 9.79 Å². The van der Waals surface area contributed by atoms with E-state index in [0.717, 1.165) is 11.1 Å². The van der Waals surface area contributed by atoms with E-state index in [-0.39, 0.29) is 9.79 Å². The molecular formula is C22H30O6S2. The van der Waals surface area contributed by atoms with Crippen LogP contribution in [0.5, 0.6) is 0 Å². The molecule has 6 nitrogen and oxygen atoms in total. The minimum absolute atomic E-state index is 0.00870. The Hall–Kier alpha value is -1.74. The Morgan fingerprint density at radius 1 is 0.767 bits per heavy atom. The summed E-state index contributed by atoms with van der Waals surface area (Å²) in [6.07, 6.45) is -1.50. The van der Waals surface area contributed by atoms with Crippen molar-refractivity contribution in [3.63, 3.8) is 0 Å². The molecule has 0 amide bonds. The van der Waals surface area contributed by atoms with E-state index in [2.05, 4.69) is 0 Å². The Bertz CT molecular complexity index is 1050. The molecule has 0 aliphatic rings. The maximum absolute atomic E-state index is 12.9. The zero-order valence-corrected chi connectivity index (χ0v) is 19.9. The van der Waals surface area contributed by atoms with Crippen molar-refractivity contribution in [1.29, 1.82) is 0 Å². The van der Waals surface area contributed by atoms with Crippen LogP contribution in [0.25, 0.3) is 0 Å². The van der Waals surface area contributed by atoms with Crippen LogP contribution in [0.2, 0.25) is 0 Å². The lowest BCUT2D eigenvalue weighted by Crippen LogP contribution is -2.43. The number of benzene rings is 2. The van der Waals surface area contributed by atoms with Crippen LogP contribution < -0.4 is 0 Å². The maximum Gasteiger partial charge on any atom is 0.297 e. The van der Waals surface area contributed by atoms with Crippen LogP contribution in [0, 0.1) is 19.3 Å². The van der Waals surface area contributed by atoms with E-state index < -0.39 is 37.9 Å². The molecule has 2 rings (SSSR count). The molecule has 0 radical (unpaired) electrons. The fourth-order valence-electron chi connectivity index (χ4n) is 2.95. The standard InChI is InChI=1S/C22H30O6S2/c1-7-22(5,6)21(28-30(25,26)20-14-10-17(3)11-15-20)18(4)27-29(23,24)19-12-8-16(2)9-13-19/h8-15,18,21H,7H2,1-6H3. The third kappa shape index (κ3) is 5.91. The van der Waals surface area contributed by atoms with Crippen molar-refractivity contribution in [3.8, 4) is 0 Å². The SMILES string of the molecule is CCC(C)(C)C(OS(=O)(=O)c1ccc(C)cc1)C(C)OS(=O)(=O)c1ccc(C)cc1. The van der Waals surface area contributed by atoms with Gasteiger partial charge in [-0.05, 0) is 56.9 Å². The topological polar surface area (TPSA) is 86.7 Å². The van der Waals surface area contributed by atoms with Crippen molar-refractivity contribution in [3.05, 3.63) is 59.7 Å². The lowest BCUT2D eigenvalue weighted by Gasteiger charge is -2.36. The Balaban J connectivity index is 2.34. The first-order valence-electron chi connectivity index (χ1n) is 9.78. The highest BCUT2D eigenvalue weighted by Crippen LogP contribution is 2.34. The molecule has 2 unspecified atom stereocenters. The van der Waals surface area contributed by atoms with E-state index >= 15 is 0 Å². The van der Waals surface area contributed by atoms with Gasteiger partial charge in [-0.2, -0.15) is 16.8 Å². The average Bonchev–Trinajstić information content (AvgIpc) is 2.66. The second-order valence-electron chi connectivity index (χ2n) is 8.19. The van der Waals surface area contributed by atoms with Crippen LogP contribution in [0.3, 0.4) is 0 Å². The highest BCUT2D eigenvalue weighted by atomic mass is 32.2. The van der Waals surface area contributed by atoms with Crippen molar-refractivity contribution in [2.24, 2.45) is 5.41 Å². The zero-order valence-electron chi connectivity index (χ0n) is 18.2. The Morgan fingerprint density at radius 2 is 1.13 bits per heavy atom. The van der Waals surface area contributed by atoms with Crippen LogP contribution in [0.15, 0.2) is 58.3 Å².